The van der Waals surface area contributed by atoms with Crippen molar-refractivity contribution in [2.24, 2.45) is 0 Å². The monoisotopic (exact) mass is 507 g/mol. The molecule has 5 aromatic carbocycles. The first kappa shape index (κ1) is 26.3. The van der Waals surface area contributed by atoms with Crippen LogP contribution in [0.25, 0.3) is 6.08 Å². The molecule has 194 valence electrons. The first-order valence-corrected chi connectivity index (χ1v) is 13.8. The molecule has 0 N–H and O–H groups in total. The van der Waals surface area contributed by atoms with Gasteiger partial charge >= 0.3 is 0 Å². The Bertz CT molecular complexity index is 1410. The smallest absolute Gasteiger partial charge is 0.0433 e. The van der Waals surface area contributed by atoms with Crippen LogP contribution < -0.4 is 4.90 Å². The third-order valence-electron chi connectivity index (χ3n) is 7.09. The lowest BCUT2D eigenvalue weighted by Gasteiger charge is -2.26. The maximum absolute atomic E-state index is 2.48. The molecule has 1 heteroatoms. The zero-order valence-electron chi connectivity index (χ0n) is 23.1. The van der Waals surface area contributed by atoms with Crippen molar-refractivity contribution in [3.8, 4) is 0 Å². The molecule has 0 radical (unpaired) electrons. The Labute approximate surface area is 234 Å². The highest BCUT2D eigenvalue weighted by atomic mass is 15.1. The van der Waals surface area contributed by atoms with Crippen molar-refractivity contribution in [1.82, 2.24) is 0 Å². The molecule has 5 rings (SSSR count). The summed E-state index contributed by atoms with van der Waals surface area (Å²) in [6.07, 6.45) is 4.27. The average molecular weight is 508 g/mol. The molecule has 0 fully saturated rings. The van der Waals surface area contributed by atoms with Crippen molar-refractivity contribution in [1.29, 1.82) is 0 Å². The van der Waals surface area contributed by atoms with Gasteiger partial charge in [-0.05, 0) is 66.6 Å². The molecular weight excluding hydrogens is 470 g/mol. The first-order valence-electron chi connectivity index (χ1n) is 13.8. The maximum Gasteiger partial charge on any atom is 0.0433 e. The maximum atomic E-state index is 2.48. The van der Waals surface area contributed by atoms with Crippen molar-refractivity contribution < 1.29 is 0 Å². The Balaban J connectivity index is 1.41. The van der Waals surface area contributed by atoms with Gasteiger partial charge in [-0.3, -0.25) is 0 Å². The van der Waals surface area contributed by atoms with Crippen LogP contribution in [0.5, 0.6) is 0 Å². The van der Waals surface area contributed by atoms with Crippen LogP contribution in [0.15, 0.2) is 139 Å². The summed E-state index contributed by atoms with van der Waals surface area (Å²) in [5, 5.41) is 0. The second-order valence-corrected chi connectivity index (χ2v) is 10.6. The molecule has 0 aliphatic carbocycles. The van der Waals surface area contributed by atoms with Crippen LogP contribution in [0.3, 0.4) is 0 Å². The van der Waals surface area contributed by atoms with E-state index in [-0.39, 0.29) is 0 Å². The van der Waals surface area contributed by atoms with E-state index in [9.17, 15) is 0 Å². The first-order chi connectivity index (χ1) is 19.1. The van der Waals surface area contributed by atoms with Gasteiger partial charge in [0.05, 0.1) is 0 Å². The molecule has 0 aliphatic rings. The van der Waals surface area contributed by atoms with Gasteiger partial charge in [-0.2, -0.15) is 0 Å². The van der Waals surface area contributed by atoms with Crippen LogP contribution in [0.1, 0.15) is 38.9 Å². The van der Waals surface area contributed by atoms with Crippen LogP contribution in [0.4, 0.5) is 5.69 Å². The van der Waals surface area contributed by atoms with Crippen LogP contribution in [0, 0.1) is 13.8 Å². The predicted octanol–water partition coefficient (Wildman–Crippen LogP) is 9.38. The summed E-state index contributed by atoms with van der Waals surface area (Å²) in [4.78, 5) is 2.48. The molecule has 0 heterocycles. The third kappa shape index (κ3) is 7.82. The molecular formula is C38H37N. The minimum atomic E-state index is 0.873. The van der Waals surface area contributed by atoms with Gasteiger partial charge in [0, 0.05) is 18.8 Å². The Morgan fingerprint density at radius 3 is 1.44 bits per heavy atom. The molecule has 0 spiro atoms. The number of anilines is 1. The lowest BCUT2D eigenvalue weighted by Crippen LogP contribution is -2.22. The van der Waals surface area contributed by atoms with Crippen molar-refractivity contribution in [2.75, 3.05) is 4.90 Å². The van der Waals surface area contributed by atoms with E-state index in [2.05, 4.69) is 158 Å². The van der Waals surface area contributed by atoms with Gasteiger partial charge in [-0.15, -0.1) is 0 Å². The fraction of sp³-hybridized carbons (Fsp3) is 0.158. The lowest BCUT2D eigenvalue weighted by atomic mass is 9.96. The normalized spacial score (nSPS) is 10.7. The van der Waals surface area contributed by atoms with E-state index in [0.29, 0.717) is 0 Å². The minimum absolute atomic E-state index is 0.873. The zero-order valence-corrected chi connectivity index (χ0v) is 23.1. The Morgan fingerprint density at radius 1 is 0.513 bits per heavy atom. The fourth-order valence-corrected chi connectivity index (χ4v) is 5.20. The number of hydrogen-bond acceptors (Lipinski definition) is 1. The summed E-state index contributed by atoms with van der Waals surface area (Å²) in [7, 11) is 0. The van der Waals surface area contributed by atoms with E-state index in [1.165, 1.54) is 50.2 Å². The third-order valence-corrected chi connectivity index (χ3v) is 7.09. The summed E-state index contributed by atoms with van der Waals surface area (Å²) >= 11 is 0. The number of benzene rings is 5. The molecule has 0 aromatic heterocycles. The molecule has 0 saturated heterocycles. The molecule has 39 heavy (non-hydrogen) atoms. The number of allylic oxidation sites excluding steroid dienone is 1. The highest BCUT2D eigenvalue weighted by Crippen LogP contribution is 2.24. The van der Waals surface area contributed by atoms with E-state index >= 15 is 0 Å². The molecule has 0 unspecified atom stereocenters. The average Bonchev–Trinajstić information content (AvgIpc) is 2.94. The van der Waals surface area contributed by atoms with E-state index < -0.39 is 0 Å². The molecule has 0 atom stereocenters. The summed E-state index contributed by atoms with van der Waals surface area (Å²) in [5.74, 6) is 0. The van der Waals surface area contributed by atoms with E-state index in [1.54, 1.807) is 0 Å². The summed E-state index contributed by atoms with van der Waals surface area (Å²) in [6, 6.07) is 48.3. The molecule has 0 aliphatic heterocycles. The molecule has 0 saturated carbocycles. The van der Waals surface area contributed by atoms with Crippen molar-refractivity contribution in [3.05, 3.63) is 178 Å². The lowest BCUT2D eigenvalue weighted by molar-refractivity contribution is 0.799. The van der Waals surface area contributed by atoms with Gasteiger partial charge < -0.3 is 4.90 Å². The van der Waals surface area contributed by atoms with Crippen LogP contribution in [-0.2, 0) is 25.9 Å². The highest BCUT2D eigenvalue weighted by Gasteiger charge is 2.10. The second-order valence-electron chi connectivity index (χ2n) is 10.6. The van der Waals surface area contributed by atoms with E-state index in [1.807, 2.05) is 0 Å². The largest absolute Gasteiger partial charge is 0.363 e. The molecule has 0 amide bonds. The summed E-state index contributed by atoms with van der Waals surface area (Å²) < 4.78 is 0. The van der Waals surface area contributed by atoms with Gasteiger partial charge in [0.2, 0.25) is 0 Å². The SMILES string of the molecule is Cc1cccc(CN(Cc2cccc(C)c2)c2ccc(C=C(Cc3ccccc3)Cc3ccccc3)cc2)c1. The van der Waals surface area contributed by atoms with Crippen LogP contribution >= 0.6 is 0 Å². The Kier molecular flexibility index (Phi) is 8.71. The van der Waals surface area contributed by atoms with Gasteiger partial charge in [0.15, 0.2) is 0 Å². The Hall–Kier alpha value is -4.36. The van der Waals surface area contributed by atoms with Gasteiger partial charge in [-0.25, -0.2) is 0 Å². The topological polar surface area (TPSA) is 3.24 Å². The summed E-state index contributed by atoms with van der Waals surface area (Å²) in [6.45, 7) is 6.08. The predicted molar refractivity (Wildman–Crippen MR) is 167 cm³/mol. The fourth-order valence-electron chi connectivity index (χ4n) is 5.20. The van der Waals surface area contributed by atoms with Crippen molar-refractivity contribution >= 4 is 11.8 Å². The van der Waals surface area contributed by atoms with Crippen LogP contribution in [-0.4, -0.2) is 0 Å². The number of hydrogen-bond donors (Lipinski definition) is 0. The second kappa shape index (κ2) is 12.9. The van der Waals surface area contributed by atoms with Gasteiger partial charge in [-0.1, -0.05) is 144 Å². The van der Waals surface area contributed by atoms with E-state index in [4.69, 9.17) is 0 Å². The zero-order chi connectivity index (χ0) is 26.9. The Morgan fingerprint density at radius 2 is 0.974 bits per heavy atom. The number of nitrogens with zero attached hydrogens (tertiary/aromatic N) is 1. The van der Waals surface area contributed by atoms with Gasteiger partial charge in [0.1, 0.15) is 0 Å². The molecule has 0 bridgehead atoms. The summed E-state index contributed by atoms with van der Waals surface area (Å²) in [5.41, 5.74) is 11.9. The van der Waals surface area contributed by atoms with Gasteiger partial charge in [0.25, 0.3) is 0 Å². The van der Waals surface area contributed by atoms with Crippen molar-refractivity contribution in [2.45, 2.75) is 39.8 Å². The molecule has 5 aromatic rings. The highest BCUT2D eigenvalue weighted by molar-refractivity contribution is 5.59. The van der Waals surface area contributed by atoms with E-state index in [0.717, 1.165) is 25.9 Å². The van der Waals surface area contributed by atoms with Crippen molar-refractivity contribution in [3.63, 3.8) is 0 Å². The quantitative estimate of drug-likeness (QED) is 0.182. The number of rotatable bonds is 10. The minimum Gasteiger partial charge on any atom is -0.363 e. The van der Waals surface area contributed by atoms with Crippen LogP contribution in [0.2, 0.25) is 0 Å². The molecule has 1 nitrogen and oxygen atoms in total. The number of aryl methyl sites for hydroxylation is 2. The standard InChI is InChI=1S/C38H37N/c1-30-11-9-17-35(23-30)28-39(29-36-18-10-12-31(2)24-36)38-21-19-34(20-22-38)27-37(25-32-13-5-3-6-14-32)26-33-15-7-4-8-16-33/h3-24,27H,25-26,28-29H2,1-2H3.